The van der Waals surface area contributed by atoms with E-state index in [1.54, 1.807) is 31.2 Å². The van der Waals surface area contributed by atoms with Crippen LogP contribution in [0.4, 0.5) is 13.2 Å². The second kappa shape index (κ2) is 7.49. The van der Waals surface area contributed by atoms with Gasteiger partial charge in [0.1, 0.15) is 0 Å². The lowest BCUT2D eigenvalue weighted by molar-refractivity contribution is -0.143. The van der Waals surface area contributed by atoms with Gasteiger partial charge in [-0.25, -0.2) is 0 Å². The predicted molar refractivity (Wildman–Crippen MR) is 85.1 cm³/mol. The molecule has 2 aromatic rings. The molecule has 0 radical (unpaired) electrons. The fraction of sp³-hybridized carbons (Fsp3) is 0.278. The molecular weight excluding hydrogens is 319 g/mol. The van der Waals surface area contributed by atoms with Crippen LogP contribution >= 0.6 is 0 Å². The maximum Gasteiger partial charge on any atom is 0.416 e. The highest BCUT2D eigenvalue weighted by Crippen LogP contribution is 2.31. The van der Waals surface area contributed by atoms with Gasteiger partial charge in [-0.2, -0.15) is 13.2 Å². The summed E-state index contributed by atoms with van der Waals surface area (Å²) in [5.41, 5.74) is 7.42. The number of carbonyl (C=O) groups is 1. The van der Waals surface area contributed by atoms with Crippen LogP contribution < -0.4 is 5.73 Å². The van der Waals surface area contributed by atoms with Gasteiger partial charge >= 0.3 is 12.1 Å². The molecule has 0 unspecified atom stereocenters. The Balaban J connectivity index is 2.19. The van der Waals surface area contributed by atoms with Crippen LogP contribution in [0, 0.1) is 0 Å². The maximum absolute atomic E-state index is 12.6. The zero-order valence-corrected chi connectivity index (χ0v) is 13.1. The van der Waals surface area contributed by atoms with Crippen LogP contribution in [0.1, 0.15) is 30.5 Å². The van der Waals surface area contributed by atoms with Crippen molar-refractivity contribution in [3.8, 4) is 11.1 Å². The van der Waals surface area contributed by atoms with Crippen LogP contribution in [0.15, 0.2) is 48.5 Å². The van der Waals surface area contributed by atoms with E-state index in [1.165, 1.54) is 12.1 Å². The van der Waals surface area contributed by atoms with E-state index in [-0.39, 0.29) is 19.0 Å². The van der Waals surface area contributed by atoms with E-state index < -0.39 is 17.8 Å². The molecule has 0 aromatic heterocycles. The molecule has 3 nitrogen and oxygen atoms in total. The van der Waals surface area contributed by atoms with Crippen molar-refractivity contribution in [2.24, 2.45) is 5.73 Å². The van der Waals surface area contributed by atoms with Crippen molar-refractivity contribution in [1.29, 1.82) is 0 Å². The summed E-state index contributed by atoms with van der Waals surface area (Å²) in [5.74, 6) is -0.384. The summed E-state index contributed by atoms with van der Waals surface area (Å²) in [4.78, 5) is 11.5. The highest BCUT2D eigenvalue weighted by Gasteiger charge is 2.29. The Hall–Kier alpha value is -2.34. The first-order valence-corrected chi connectivity index (χ1v) is 7.50. The van der Waals surface area contributed by atoms with Crippen LogP contribution in [0.5, 0.6) is 0 Å². The second-order valence-electron chi connectivity index (χ2n) is 5.32. The first kappa shape index (κ1) is 18.0. The lowest BCUT2D eigenvalue weighted by atomic mass is 9.98. The normalized spacial score (nSPS) is 12.7. The molecule has 2 N–H and O–H groups in total. The van der Waals surface area contributed by atoms with Crippen LogP contribution in [0.2, 0.25) is 0 Å². The monoisotopic (exact) mass is 337 g/mol. The summed E-state index contributed by atoms with van der Waals surface area (Å²) in [5, 5.41) is 0. The Bertz CT molecular complexity index is 696. The lowest BCUT2D eigenvalue weighted by Crippen LogP contribution is -2.17. The van der Waals surface area contributed by atoms with Gasteiger partial charge in [0.05, 0.1) is 18.6 Å². The molecule has 2 aromatic carbocycles. The molecule has 2 rings (SSSR count). The van der Waals surface area contributed by atoms with Crippen LogP contribution in [0.25, 0.3) is 11.1 Å². The molecule has 0 fully saturated rings. The fourth-order valence-electron chi connectivity index (χ4n) is 2.32. The van der Waals surface area contributed by atoms with Crippen molar-refractivity contribution in [2.45, 2.75) is 25.6 Å². The highest BCUT2D eigenvalue weighted by atomic mass is 19.4. The van der Waals surface area contributed by atoms with Gasteiger partial charge in [0.25, 0.3) is 0 Å². The molecule has 1 atom stereocenters. The molecule has 0 aliphatic rings. The van der Waals surface area contributed by atoms with E-state index in [4.69, 9.17) is 10.5 Å². The lowest BCUT2D eigenvalue weighted by Gasteiger charge is -2.13. The Morgan fingerprint density at radius 3 is 2.38 bits per heavy atom. The molecule has 0 bridgehead atoms. The largest absolute Gasteiger partial charge is 0.466 e. The third kappa shape index (κ3) is 4.58. The Morgan fingerprint density at radius 2 is 1.79 bits per heavy atom. The van der Waals surface area contributed by atoms with Crippen molar-refractivity contribution in [3.63, 3.8) is 0 Å². The number of hydrogen-bond donors (Lipinski definition) is 1. The molecule has 128 valence electrons. The number of hydrogen-bond acceptors (Lipinski definition) is 3. The number of ether oxygens (including phenoxy) is 1. The number of carbonyl (C=O) groups excluding carboxylic acids is 1. The molecule has 0 amide bonds. The minimum absolute atomic E-state index is 0.0459. The molecule has 24 heavy (non-hydrogen) atoms. The smallest absolute Gasteiger partial charge is 0.416 e. The maximum atomic E-state index is 12.6. The van der Waals surface area contributed by atoms with Gasteiger partial charge in [0, 0.05) is 6.04 Å². The van der Waals surface area contributed by atoms with Crippen molar-refractivity contribution in [1.82, 2.24) is 0 Å². The third-order valence-electron chi connectivity index (χ3n) is 3.55. The van der Waals surface area contributed by atoms with Crippen LogP contribution in [0.3, 0.4) is 0 Å². The highest BCUT2D eigenvalue weighted by molar-refractivity contribution is 5.71. The fourth-order valence-corrected chi connectivity index (χ4v) is 2.32. The summed E-state index contributed by atoms with van der Waals surface area (Å²) >= 11 is 0. The quantitative estimate of drug-likeness (QED) is 0.827. The SMILES string of the molecule is CCOC(=O)C[C@H](N)c1cccc(-c2ccc(C(F)(F)F)cc2)c1. The van der Waals surface area contributed by atoms with E-state index in [0.717, 1.165) is 23.3 Å². The van der Waals surface area contributed by atoms with Gasteiger partial charge in [-0.3, -0.25) is 4.79 Å². The van der Waals surface area contributed by atoms with Crippen LogP contribution in [-0.4, -0.2) is 12.6 Å². The average Bonchev–Trinajstić information content (AvgIpc) is 2.54. The number of nitrogens with two attached hydrogens (primary N) is 1. The van der Waals surface area contributed by atoms with E-state index in [1.807, 2.05) is 0 Å². The second-order valence-corrected chi connectivity index (χ2v) is 5.32. The number of rotatable bonds is 5. The number of benzene rings is 2. The van der Waals surface area contributed by atoms with Crippen molar-refractivity contribution >= 4 is 5.97 Å². The minimum Gasteiger partial charge on any atom is -0.466 e. The molecule has 0 aliphatic carbocycles. The summed E-state index contributed by atoms with van der Waals surface area (Å²) < 4.78 is 42.7. The zero-order chi connectivity index (χ0) is 17.7. The standard InChI is InChI=1S/C18H18F3NO2/c1-2-24-17(23)11-16(22)14-5-3-4-13(10-14)12-6-8-15(9-7-12)18(19,20)21/h3-10,16H,2,11,22H2,1H3/t16-/m0/s1. The van der Waals surface area contributed by atoms with E-state index in [2.05, 4.69) is 0 Å². The number of alkyl halides is 3. The first-order valence-electron chi connectivity index (χ1n) is 7.50. The first-order chi connectivity index (χ1) is 11.3. The molecule has 0 spiro atoms. The van der Waals surface area contributed by atoms with E-state index in [0.29, 0.717) is 5.56 Å². The molecule has 0 saturated carbocycles. The van der Waals surface area contributed by atoms with Crippen molar-refractivity contribution < 1.29 is 22.7 Å². The van der Waals surface area contributed by atoms with Gasteiger partial charge in [-0.15, -0.1) is 0 Å². The summed E-state index contributed by atoms with van der Waals surface area (Å²) in [6.45, 7) is 2.01. The summed E-state index contributed by atoms with van der Waals surface area (Å²) in [6, 6.07) is 11.5. The zero-order valence-electron chi connectivity index (χ0n) is 13.1. The third-order valence-corrected chi connectivity index (χ3v) is 3.55. The van der Waals surface area contributed by atoms with Crippen molar-refractivity contribution in [3.05, 3.63) is 59.7 Å². The van der Waals surface area contributed by atoms with Crippen LogP contribution in [-0.2, 0) is 15.7 Å². The molecular formula is C18H18F3NO2. The Kier molecular flexibility index (Phi) is 5.62. The van der Waals surface area contributed by atoms with E-state index >= 15 is 0 Å². The topological polar surface area (TPSA) is 52.3 Å². The predicted octanol–water partition coefficient (Wildman–Crippen LogP) is 4.33. The van der Waals surface area contributed by atoms with Gasteiger partial charge in [0.2, 0.25) is 0 Å². The van der Waals surface area contributed by atoms with Gasteiger partial charge < -0.3 is 10.5 Å². The number of esters is 1. The van der Waals surface area contributed by atoms with Gasteiger partial charge in [-0.05, 0) is 41.8 Å². The van der Waals surface area contributed by atoms with Gasteiger partial charge in [0.15, 0.2) is 0 Å². The Morgan fingerprint density at radius 1 is 1.12 bits per heavy atom. The summed E-state index contributed by atoms with van der Waals surface area (Å²) in [7, 11) is 0. The van der Waals surface area contributed by atoms with Crippen molar-refractivity contribution in [2.75, 3.05) is 6.61 Å². The Labute approximate surface area is 138 Å². The summed E-state index contributed by atoms with van der Waals surface area (Å²) in [6.07, 6.45) is -4.31. The molecule has 0 saturated heterocycles. The molecule has 6 heteroatoms. The van der Waals surface area contributed by atoms with Gasteiger partial charge in [-0.1, -0.05) is 30.3 Å². The van der Waals surface area contributed by atoms with E-state index in [9.17, 15) is 18.0 Å². The number of halogens is 3. The molecule has 0 aliphatic heterocycles. The minimum atomic E-state index is -4.36. The average molecular weight is 337 g/mol. The molecule has 0 heterocycles.